The molecule has 0 atom stereocenters. The average Bonchev–Trinajstić information content (AvgIpc) is 2.71. The normalized spacial score (nSPS) is 10.7. The van der Waals surface area contributed by atoms with E-state index in [-0.39, 0.29) is 16.9 Å². The van der Waals surface area contributed by atoms with Gasteiger partial charge in [-0.3, -0.25) is 9.59 Å². The Kier molecular flexibility index (Phi) is 6.21. The number of amides is 2. The highest BCUT2D eigenvalue weighted by Gasteiger charge is 2.09. The third-order valence-corrected chi connectivity index (χ3v) is 4.08. The summed E-state index contributed by atoms with van der Waals surface area (Å²) in [5, 5.41) is 16.6. The first-order valence-electron chi connectivity index (χ1n) is 8.41. The smallest absolute Gasteiger partial charge is 0.271 e. The van der Waals surface area contributed by atoms with Crippen molar-refractivity contribution in [3.8, 4) is 5.75 Å². The van der Waals surface area contributed by atoms with E-state index < -0.39 is 17.6 Å². The highest BCUT2D eigenvalue weighted by atomic mass is 35.5. The fourth-order valence-electron chi connectivity index (χ4n) is 2.40. The van der Waals surface area contributed by atoms with Gasteiger partial charge in [0.2, 0.25) is 0 Å². The van der Waals surface area contributed by atoms with E-state index in [0.29, 0.717) is 16.3 Å². The topological polar surface area (TPSA) is 90.8 Å². The zero-order chi connectivity index (χ0) is 20.8. The van der Waals surface area contributed by atoms with Crippen molar-refractivity contribution < 1.29 is 19.1 Å². The molecule has 3 rings (SSSR count). The summed E-state index contributed by atoms with van der Waals surface area (Å²) in [5.41, 5.74) is 3.62. The van der Waals surface area contributed by atoms with Gasteiger partial charge in [0.15, 0.2) is 0 Å². The minimum Gasteiger partial charge on any atom is -0.507 e. The fraction of sp³-hybridized carbons (Fsp3) is 0. The fourth-order valence-corrected chi connectivity index (χ4v) is 2.58. The first-order valence-corrected chi connectivity index (χ1v) is 8.79. The second-order valence-electron chi connectivity index (χ2n) is 5.94. The van der Waals surface area contributed by atoms with Gasteiger partial charge in [-0.15, -0.1) is 0 Å². The Labute approximate surface area is 170 Å². The van der Waals surface area contributed by atoms with Crippen LogP contribution in [0.25, 0.3) is 0 Å². The van der Waals surface area contributed by atoms with Gasteiger partial charge in [-0.25, -0.2) is 9.82 Å². The lowest BCUT2D eigenvalue weighted by molar-refractivity contribution is 0.0953. The summed E-state index contributed by atoms with van der Waals surface area (Å²) in [5.74, 6) is -1.41. The molecular weight excluding hydrogens is 397 g/mol. The third kappa shape index (κ3) is 5.40. The highest BCUT2D eigenvalue weighted by molar-refractivity contribution is 6.30. The monoisotopic (exact) mass is 411 g/mol. The number of hydrazone groups is 1. The van der Waals surface area contributed by atoms with Gasteiger partial charge in [-0.05, 0) is 60.7 Å². The van der Waals surface area contributed by atoms with Gasteiger partial charge in [-0.2, -0.15) is 5.10 Å². The van der Waals surface area contributed by atoms with Crippen molar-refractivity contribution in [1.29, 1.82) is 0 Å². The summed E-state index contributed by atoms with van der Waals surface area (Å²) >= 11 is 5.85. The molecule has 29 heavy (non-hydrogen) atoms. The van der Waals surface area contributed by atoms with Gasteiger partial charge in [0.1, 0.15) is 11.6 Å². The van der Waals surface area contributed by atoms with Crippen LogP contribution in [0.1, 0.15) is 26.3 Å². The first-order chi connectivity index (χ1) is 13.9. The lowest BCUT2D eigenvalue weighted by Crippen LogP contribution is -2.18. The minimum absolute atomic E-state index is 0.0297. The van der Waals surface area contributed by atoms with Crippen molar-refractivity contribution in [1.82, 2.24) is 5.43 Å². The molecule has 3 N–H and O–H groups in total. The molecule has 0 aliphatic heterocycles. The molecular formula is C21H15ClFN3O3. The Bertz CT molecular complexity index is 1080. The highest BCUT2D eigenvalue weighted by Crippen LogP contribution is 2.19. The van der Waals surface area contributed by atoms with Gasteiger partial charge < -0.3 is 10.4 Å². The standard InChI is InChI=1S/C21H15ClFN3O3/c22-16-6-9-19(27)15(10-16)12-24-26-21(29)14-2-1-3-18(11-14)25-20(28)13-4-7-17(23)8-5-13/h1-12,27H,(H,25,28)(H,26,29)/b24-12-. The van der Waals surface area contributed by atoms with E-state index in [4.69, 9.17) is 11.6 Å². The van der Waals surface area contributed by atoms with Crippen LogP contribution in [0.5, 0.6) is 5.75 Å². The zero-order valence-corrected chi connectivity index (χ0v) is 15.7. The number of halogens is 2. The SMILES string of the molecule is O=C(N/N=C\c1cc(Cl)ccc1O)c1cccc(NC(=O)c2ccc(F)cc2)c1. The van der Waals surface area contributed by atoms with Crippen LogP contribution in [0.15, 0.2) is 71.8 Å². The Hall–Kier alpha value is -3.71. The molecule has 8 heteroatoms. The van der Waals surface area contributed by atoms with Gasteiger partial charge in [0, 0.05) is 27.4 Å². The molecule has 0 heterocycles. The van der Waals surface area contributed by atoms with E-state index >= 15 is 0 Å². The second-order valence-corrected chi connectivity index (χ2v) is 6.38. The Balaban J connectivity index is 1.66. The van der Waals surface area contributed by atoms with Crippen molar-refractivity contribution in [2.24, 2.45) is 5.10 Å². The molecule has 0 spiro atoms. The molecule has 0 aliphatic rings. The van der Waals surface area contributed by atoms with E-state index in [1.54, 1.807) is 18.2 Å². The van der Waals surface area contributed by atoms with Gasteiger partial charge in [-0.1, -0.05) is 17.7 Å². The van der Waals surface area contributed by atoms with Crippen LogP contribution >= 0.6 is 11.6 Å². The lowest BCUT2D eigenvalue weighted by Gasteiger charge is -2.07. The van der Waals surface area contributed by atoms with E-state index in [1.807, 2.05) is 0 Å². The summed E-state index contributed by atoms with van der Waals surface area (Å²) in [6.07, 6.45) is 1.26. The largest absolute Gasteiger partial charge is 0.507 e. The molecule has 0 fully saturated rings. The number of nitrogens with zero attached hydrogens (tertiary/aromatic N) is 1. The van der Waals surface area contributed by atoms with E-state index in [0.717, 1.165) is 0 Å². The van der Waals surface area contributed by atoms with Gasteiger partial charge in [0.25, 0.3) is 11.8 Å². The van der Waals surface area contributed by atoms with Crippen molar-refractivity contribution in [2.45, 2.75) is 0 Å². The van der Waals surface area contributed by atoms with Crippen LogP contribution in [-0.2, 0) is 0 Å². The Morgan fingerprint density at radius 3 is 2.48 bits per heavy atom. The van der Waals surface area contributed by atoms with Gasteiger partial charge in [0.05, 0.1) is 6.21 Å². The maximum absolute atomic E-state index is 13.0. The van der Waals surface area contributed by atoms with E-state index in [9.17, 15) is 19.1 Å². The number of phenolic OH excluding ortho intramolecular Hbond substituents is 1. The molecule has 0 aromatic heterocycles. The summed E-state index contributed by atoms with van der Waals surface area (Å²) < 4.78 is 13.0. The number of phenols is 1. The molecule has 3 aromatic carbocycles. The van der Waals surface area contributed by atoms with Crippen molar-refractivity contribution in [2.75, 3.05) is 5.32 Å². The number of carbonyl (C=O) groups excluding carboxylic acids is 2. The molecule has 0 saturated carbocycles. The number of hydrogen-bond donors (Lipinski definition) is 3. The van der Waals surface area contributed by atoms with Crippen LogP contribution in [-0.4, -0.2) is 23.1 Å². The number of aromatic hydroxyl groups is 1. The number of anilines is 1. The Morgan fingerprint density at radius 2 is 1.72 bits per heavy atom. The average molecular weight is 412 g/mol. The van der Waals surface area contributed by atoms with Crippen LogP contribution < -0.4 is 10.7 Å². The van der Waals surface area contributed by atoms with Crippen molar-refractivity contribution in [3.63, 3.8) is 0 Å². The predicted molar refractivity (Wildman–Crippen MR) is 109 cm³/mol. The molecule has 0 saturated heterocycles. The molecule has 2 amide bonds. The van der Waals surface area contributed by atoms with E-state index in [1.165, 1.54) is 54.7 Å². The molecule has 3 aromatic rings. The quantitative estimate of drug-likeness (QED) is 0.434. The van der Waals surface area contributed by atoms with Crippen molar-refractivity contribution >= 4 is 35.3 Å². The molecule has 0 unspecified atom stereocenters. The predicted octanol–water partition coefficient (Wildman–Crippen LogP) is 4.20. The first kappa shape index (κ1) is 20.0. The van der Waals surface area contributed by atoms with Crippen LogP contribution in [0, 0.1) is 5.82 Å². The number of rotatable bonds is 5. The number of benzene rings is 3. The summed E-state index contributed by atoms with van der Waals surface area (Å²) in [7, 11) is 0. The molecule has 6 nitrogen and oxygen atoms in total. The summed E-state index contributed by atoms with van der Waals surface area (Å²) in [4.78, 5) is 24.5. The van der Waals surface area contributed by atoms with E-state index in [2.05, 4.69) is 15.8 Å². The van der Waals surface area contributed by atoms with Crippen LogP contribution in [0.3, 0.4) is 0 Å². The molecule has 0 bridgehead atoms. The summed E-state index contributed by atoms with van der Waals surface area (Å²) in [6, 6.07) is 15.8. The second kappa shape index (κ2) is 8.99. The van der Waals surface area contributed by atoms with Gasteiger partial charge >= 0.3 is 0 Å². The number of nitrogens with one attached hydrogen (secondary N) is 2. The number of carbonyl (C=O) groups is 2. The lowest BCUT2D eigenvalue weighted by atomic mass is 10.1. The molecule has 146 valence electrons. The third-order valence-electron chi connectivity index (χ3n) is 3.85. The zero-order valence-electron chi connectivity index (χ0n) is 14.9. The maximum Gasteiger partial charge on any atom is 0.271 e. The molecule has 0 aliphatic carbocycles. The molecule has 0 radical (unpaired) electrons. The van der Waals surface area contributed by atoms with Crippen LogP contribution in [0.2, 0.25) is 5.02 Å². The Morgan fingerprint density at radius 1 is 0.966 bits per heavy atom. The summed E-state index contributed by atoms with van der Waals surface area (Å²) in [6.45, 7) is 0. The van der Waals surface area contributed by atoms with Crippen molar-refractivity contribution in [3.05, 3.63) is 94.3 Å². The van der Waals surface area contributed by atoms with Crippen LogP contribution in [0.4, 0.5) is 10.1 Å². The maximum atomic E-state index is 13.0. The minimum atomic E-state index is -0.513. The number of hydrogen-bond acceptors (Lipinski definition) is 4.